The van der Waals surface area contributed by atoms with Gasteiger partial charge in [0.25, 0.3) is 0 Å². The first kappa shape index (κ1) is 46.8. The first-order valence-electron chi connectivity index (χ1n) is 20.0. The lowest BCUT2D eigenvalue weighted by Crippen LogP contribution is -2.67. The number of rotatable bonds is 17. The molecule has 0 bridgehead atoms. The molecule has 338 valence electrons. The molecule has 2 saturated heterocycles. The van der Waals surface area contributed by atoms with Crippen LogP contribution in [0.15, 0.2) is 115 Å². The van der Waals surface area contributed by atoms with Crippen molar-refractivity contribution in [3.63, 3.8) is 0 Å². The number of benzene rings is 4. The van der Waals surface area contributed by atoms with Crippen molar-refractivity contribution in [3.8, 4) is 11.5 Å². The van der Waals surface area contributed by atoms with Gasteiger partial charge in [-0.15, -0.1) is 0 Å². The molecule has 0 amide bonds. The van der Waals surface area contributed by atoms with Crippen LogP contribution in [0.4, 0.5) is 0 Å². The minimum Gasteiger partial charge on any atom is -0.497 e. The lowest BCUT2D eigenvalue weighted by Gasteiger charge is -2.47. The summed E-state index contributed by atoms with van der Waals surface area (Å²) in [6.07, 6.45) is -19.2. The summed E-state index contributed by atoms with van der Waals surface area (Å²) in [5.74, 6) is -4.92. The van der Waals surface area contributed by atoms with Crippen molar-refractivity contribution in [3.05, 3.63) is 132 Å². The SMILES string of the molecule is COC(=O)[C@H]1O[C@@H](O[C@H]2[C@@H](O)[C@@H](CO)O[C@@H](Oc3ccc(OC)cc3)[C@@H]2OC(=O)c2ccccc2)[C@H](OC(=O)c2ccccc2)[C@@H](OC(=O)c2ccccc2)[C@@H]1OC(=O)CCC(C)=O. The summed E-state index contributed by atoms with van der Waals surface area (Å²) >= 11 is 0. The second kappa shape index (κ2) is 22.1. The van der Waals surface area contributed by atoms with Crippen molar-refractivity contribution in [1.29, 1.82) is 0 Å². The quantitative estimate of drug-likeness (QED) is 0.114. The van der Waals surface area contributed by atoms with Crippen molar-refractivity contribution < 1.29 is 86.3 Å². The zero-order chi connectivity index (χ0) is 45.8. The van der Waals surface area contributed by atoms with Gasteiger partial charge >= 0.3 is 29.8 Å². The van der Waals surface area contributed by atoms with Gasteiger partial charge in [-0.05, 0) is 67.6 Å². The maximum Gasteiger partial charge on any atom is 0.339 e. The molecule has 2 aliphatic heterocycles. The Morgan fingerprint density at radius 3 is 1.52 bits per heavy atom. The average molecular weight is 887 g/mol. The Balaban J connectivity index is 1.47. The number of esters is 5. The van der Waals surface area contributed by atoms with Crippen LogP contribution < -0.4 is 9.47 Å². The molecule has 4 aromatic rings. The third-order valence-corrected chi connectivity index (χ3v) is 10.0. The number of carbonyl (C=O) groups excluding carboxylic acids is 6. The van der Waals surface area contributed by atoms with E-state index >= 15 is 0 Å². The van der Waals surface area contributed by atoms with E-state index in [-0.39, 0.29) is 34.6 Å². The smallest absolute Gasteiger partial charge is 0.339 e. The molecule has 18 nitrogen and oxygen atoms in total. The first-order chi connectivity index (χ1) is 30.9. The van der Waals surface area contributed by atoms with Gasteiger partial charge in [0.2, 0.25) is 6.29 Å². The number of hydrogen-bond acceptors (Lipinski definition) is 18. The van der Waals surface area contributed by atoms with Gasteiger partial charge in [0, 0.05) is 6.42 Å². The number of methoxy groups -OCH3 is 2. The molecule has 0 unspecified atom stereocenters. The molecule has 64 heavy (non-hydrogen) atoms. The fraction of sp³-hybridized carbons (Fsp3) is 0.348. The molecule has 6 rings (SSSR count). The molecule has 0 aromatic heterocycles. The van der Waals surface area contributed by atoms with Gasteiger partial charge in [-0.3, -0.25) is 4.79 Å². The van der Waals surface area contributed by atoms with Crippen LogP contribution >= 0.6 is 0 Å². The van der Waals surface area contributed by atoms with Crippen LogP contribution in [-0.4, -0.2) is 128 Å². The number of Topliss-reactive ketones (excluding diaryl/α,β-unsaturated/α-hetero) is 1. The molecule has 0 radical (unpaired) electrons. The van der Waals surface area contributed by atoms with Gasteiger partial charge in [0.15, 0.2) is 36.8 Å². The highest BCUT2D eigenvalue weighted by molar-refractivity contribution is 5.91. The highest BCUT2D eigenvalue weighted by Gasteiger charge is 2.59. The zero-order valence-electron chi connectivity index (χ0n) is 34.8. The lowest BCUT2D eigenvalue weighted by atomic mass is 9.95. The normalized spacial score (nSPS) is 25.1. The molecule has 2 fully saturated rings. The van der Waals surface area contributed by atoms with Gasteiger partial charge in [0.1, 0.15) is 35.6 Å². The summed E-state index contributed by atoms with van der Waals surface area (Å²) < 4.78 is 58.6. The molecule has 0 aliphatic carbocycles. The topological polar surface area (TPSA) is 235 Å². The van der Waals surface area contributed by atoms with Crippen molar-refractivity contribution in [2.24, 2.45) is 0 Å². The van der Waals surface area contributed by atoms with Crippen molar-refractivity contribution >= 4 is 35.6 Å². The Morgan fingerprint density at radius 1 is 0.562 bits per heavy atom. The van der Waals surface area contributed by atoms with Gasteiger partial charge in [-0.2, -0.15) is 0 Å². The minimum absolute atomic E-state index is 0.00597. The van der Waals surface area contributed by atoms with E-state index in [9.17, 15) is 39.0 Å². The van der Waals surface area contributed by atoms with E-state index in [1.807, 2.05) is 0 Å². The monoisotopic (exact) mass is 886 g/mol. The van der Waals surface area contributed by atoms with Crippen molar-refractivity contribution in [2.45, 2.75) is 81.2 Å². The maximum absolute atomic E-state index is 13.9. The molecule has 2 N–H and O–H groups in total. The van der Waals surface area contributed by atoms with Gasteiger partial charge in [-0.1, -0.05) is 54.6 Å². The number of ketones is 1. The fourth-order valence-corrected chi connectivity index (χ4v) is 6.76. The Labute approximate surface area is 366 Å². The molecule has 10 atom stereocenters. The van der Waals surface area contributed by atoms with Crippen LogP contribution in [0.5, 0.6) is 11.5 Å². The van der Waals surface area contributed by atoms with E-state index < -0.39 is 104 Å². The Morgan fingerprint density at radius 2 is 1.05 bits per heavy atom. The van der Waals surface area contributed by atoms with Gasteiger partial charge in [-0.25, -0.2) is 19.2 Å². The number of aliphatic hydroxyl groups is 2. The highest BCUT2D eigenvalue weighted by atomic mass is 16.8. The third kappa shape index (κ3) is 11.7. The summed E-state index contributed by atoms with van der Waals surface area (Å²) in [7, 11) is 2.46. The van der Waals surface area contributed by atoms with Crippen molar-refractivity contribution in [1.82, 2.24) is 0 Å². The number of hydrogen-bond donors (Lipinski definition) is 2. The summed E-state index contributed by atoms with van der Waals surface area (Å²) in [6, 6.07) is 29.0. The predicted octanol–water partition coefficient (Wildman–Crippen LogP) is 3.39. The largest absolute Gasteiger partial charge is 0.497 e. The van der Waals surface area contributed by atoms with Crippen LogP contribution in [0.3, 0.4) is 0 Å². The van der Waals surface area contributed by atoms with E-state index in [0.29, 0.717) is 5.75 Å². The fourth-order valence-electron chi connectivity index (χ4n) is 6.76. The highest BCUT2D eigenvalue weighted by Crippen LogP contribution is 2.36. The number of aliphatic hydroxyl groups excluding tert-OH is 2. The van der Waals surface area contributed by atoms with Crippen LogP contribution in [0.1, 0.15) is 50.8 Å². The Kier molecular flexibility index (Phi) is 16.1. The van der Waals surface area contributed by atoms with E-state index in [2.05, 4.69) is 0 Å². The molecule has 2 aliphatic rings. The molecular weight excluding hydrogens is 840 g/mol. The zero-order valence-corrected chi connectivity index (χ0v) is 34.8. The van der Waals surface area contributed by atoms with E-state index in [1.54, 1.807) is 66.7 Å². The van der Waals surface area contributed by atoms with Crippen LogP contribution in [0, 0.1) is 0 Å². The molecule has 0 saturated carbocycles. The first-order valence-corrected chi connectivity index (χ1v) is 20.0. The standard InChI is InChI=1S/C46H46O18/c1-26(48)19-24-33(49)59-36-37(60-41(51)27-13-7-4-8-14-27)40(62-43(53)29-17-11-6-12-18-29)46(64-38(36)44(54)56-3)63-35-34(50)32(25-47)58-45(57-31-22-20-30(55-2)21-23-31)39(35)61-42(52)28-15-9-5-10-16-28/h4-18,20-23,32,34-40,45-47,50H,19,24-25H2,1-3H3/t32-,34+,35+,36+,37+,38+,39-,40-,45-,46-/m1/s1. The number of ether oxygens (including phenoxy) is 10. The minimum atomic E-state index is -2.07. The maximum atomic E-state index is 13.9. The molecule has 18 heteroatoms. The van der Waals surface area contributed by atoms with Crippen LogP contribution in [-0.2, 0) is 52.3 Å². The van der Waals surface area contributed by atoms with E-state index in [1.165, 1.54) is 62.6 Å². The third-order valence-electron chi connectivity index (χ3n) is 10.0. The summed E-state index contributed by atoms with van der Waals surface area (Å²) in [5, 5.41) is 22.3. The molecule has 2 heterocycles. The predicted molar refractivity (Wildman–Crippen MR) is 218 cm³/mol. The second-order valence-corrected chi connectivity index (χ2v) is 14.4. The molecule has 0 spiro atoms. The van der Waals surface area contributed by atoms with E-state index in [4.69, 9.17) is 47.4 Å². The van der Waals surface area contributed by atoms with Crippen LogP contribution in [0.2, 0.25) is 0 Å². The Hall–Kier alpha value is -6.70. The molecule has 4 aromatic carbocycles. The van der Waals surface area contributed by atoms with Gasteiger partial charge in [0.05, 0.1) is 43.9 Å². The van der Waals surface area contributed by atoms with Crippen molar-refractivity contribution in [2.75, 3.05) is 20.8 Å². The number of carbonyl (C=O) groups is 6. The van der Waals surface area contributed by atoms with Crippen LogP contribution in [0.25, 0.3) is 0 Å². The Bertz CT molecular complexity index is 2200. The van der Waals surface area contributed by atoms with E-state index in [0.717, 1.165) is 7.11 Å². The lowest BCUT2D eigenvalue weighted by molar-refractivity contribution is -0.347. The second-order valence-electron chi connectivity index (χ2n) is 14.4. The summed E-state index contributed by atoms with van der Waals surface area (Å²) in [5.41, 5.74) is 0.0568. The van der Waals surface area contributed by atoms with Gasteiger partial charge < -0.3 is 62.4 Å². The summed E-state index contributed by atoms with van der Waals surface area (Å²) in [4.78, 5) is 80.4. The average Bonchev–Trinajstić information content (AvgIpc) is 3.32. The summed E-state index contributed by atoms with van der Waals surface area (Å²) in [6.45, 7) is 0.421. The molecular formula is C46H46O18.